The smallest absolute Gasteiger partial charge is 0.237 e. The molecule has 7 heteroatoms. The number of hydrogen-bond donors (Lipinski definition) is 1. The zero-order chi connectivity index (χ0) is 13.2. The van der Waals surface area contributed by atoms with Crippen LogP contribution in [-0.4, -0.2) is 39.1 Å². The topological polar surface area (TPSA) is 80.5 Å². The Morgan fingerprint density at radius 2 is 2.00 bits per heavy atom. The van der Waals surface area contributed by atoms with E-state index in [-0.39, 0.29) is 10.6 Å². The van der Waals surface area contributed by atoms with Gasteiger partial charge in [0.2, 0.25) is 5.91 Å². The van der Waals surface area contributed by atoms with E-state index in [0.717, 1.165) is 23.1 Å². The molecule has 0 heterocycles. The predicted molar refractivity (Wildman–Crippen MR) is 61.6 cm³/mol. The van der Waals surface area contributed by atoms with Crippen LogP contribution in [0.25, 0.3) is 0 Å². The molecule has 1 amide bonds. The van der Waals surface area contributed by atoms with E-state index in [4.69, 9.17) is 5.73 Å². The molecule has 0 saturated heterocycles. The molecule has 1 rings (SSSR count). The summed E-state index contributed by atoms with van der Waals surface area (Å²) in [7, 11) is -1.04. The fraction of sp³-hybridized carbons (Fsp3) is 0.300. The first-order valence-electron chi connectivity index (χ1n) is 4.72. The lowest BCUT2D eigenvalue weighted by Gasteiger charge is -2.11. The van der Waals surface area contributed by atoms with Crippen molar-refractivity contribution in [1.82, 2.24) is 4.90 Å². The largest absolute Gasteiger partial charge is 0.398 e. The normalized spacial score (nSPS) is 11.2. The van der Waals surface area contributed by atoms with Gasteiger partial charge in [-0.05, 0) is 18.2 Å². The highest BCUT2D eigenvalue weighted by Gasteiger charge is 2.23. The number of benzene rings is 1. The first-order valence-corrected chi connectivity index (χ1v) is 6.37. The van der Waals surface area contributed by atoms with Gasteiger partial charge in [-0.15, -0.1) is 0 Å². The highest BCUT2D eigenvalue weighted by molar-refractivity contribution is 7.92. The van der Waals surface area contributed by atoms with Crippen LogP contribution < -0.4 is 5.73 Å². The Morgan fingerprint density at radius 1 is 1.41 bits per heavy atom. The summed E-state index contributed by atoms with van der Waals surface area (Å²) in [5, 5.41) is 0. The molecule has 94 valence electrons. The molecule has 0 fully saturated rings. The molecule has 5 nitrogen and oxygen atoms in total. The number of carbonyl (C=O) groups excluding carboxylic acids is 1. The lowest BCUT2D eigenvalue weighted by molar-refractivity contribution is -0.125. The van der Waals surface area contributed by atoms with Gasteiger partial charge in [-0.2, -0.15) is 0 Å². The van der Waals surface area contributed by atoms with E-state index in [9.17, 15) is 17.6 Å². The summed E-state index contributed by atoms with van der Waals surface area (Å²) in [5.41, 5.74) is 5.39. The second-order valence-electron chi connectivity index (χ2n) is 3.73. The highest BCUT2D eigenvalue weighted by Crippen LogP contribution is 2.20. The molecule has 0 bridgehead atoms. The van der Waals surface area contributed by atoms with Crippen molar-refractivity contribution in [3.05, 3.63) is 24.0 Å². The van der Waals surface area contributed by atoms with Crippen LogP contribution in [0.1, 0.15) is 0 Å². The molecule has 0 atom stereocenters. The Bertz CT molecular complexity index is 540. The molecule has 0 radical (unpaired) electrons. The third-order valence-corrected chi connectivity index (χ3v) is 3.77. The molecule has 17 heavy (non-hydrogen) atoms. The summed E-state index contributed by atoms with van der Waals surface area (Å²) in [6, 6.07) is 3.03. The molecular formula is C10H13FN2O3S. The molecule has 0 saturated carbocycles. The quantitative estimate of drug-likeness (QED) is 0.791. The summed E-state index contributed by atoms with van der Waals surface area (Å²) in [6.07, 6.45) is 0. The molecule has 0 aliphatic heterocycles. The van der Waals surface area contributed by atoms with E-state index in [2.05, 4.69) is 0 Å². The zero-order valence-electron chi connectivity index (χ0n) is 9.47. The minimum atomic E-state index is -3.91. The van der Waals surface area contributed by atoms with Crippen LogP contribution in [0.2, 0.25) is 0 Å². The lowest BCUT2D eigenvalue weighted by atomic mass is 10.3. The standard InChI is InChI=1S/C10H13FN2O3S/c1-13(2)10(14)6-17(15,16)9-5-7(11)3-4-8(9)12/h3-5H,6,12H2,1-2H3. The maximum absolute atomic E-state index is 13.0. The fourth-order valence-electron chi connectivity index (χ4n) is 1.15. The first-order chi connectivity index (χ1) is 7.74. The highest BCUT2D eigenvalue weighted by atomic mass is 32.2. The summed E-state index contributed by atoms with van der Waals surface area (Å²) in [6.45, 7) is 0. The molecule has 2 N–H and O–H groups in total. The van der Waals surface area contributed by atoms with Crippen LogP contribution in [0.5, 0.6) is 0 Å². The van der Waals surface area contributed by atoms with Gasteiger partial charge >= 0.3 is 0 Å². The van der Waals surface area contributed by atoms with Crippen LogP contribution in [0.3, 0.4) is 0 Å². The summed E-state index contributed by atoms with van der Waals surface area (Å²) in [5.74, 6) is -2.03. The van der Waals surface area contributed by atoms with E-state index in [0.29, 0.717) is 0 Å². The molecular weight excluding hydrogens is 247 g/mol. The maximum Gasteiger partial charge on any atom is 0.237 e. The maximum atomic E-state index is 13.0. The second-order valence-corrected chi connectivity index (χ2v) is 5.69. The van der Waals surface area contributed by atoms with Crippen LogP contribution in [0.4, 0.5) is 10.1 Å². The number of hydrogen-bond acceptors (Lipinski definition) is 4. The van der Waals surface area contributed by atoms with Crippen LogP contribution in [0.15, 0.2) is 23.1 Å². The Balaban J connectivity index is 3.14. The van der Waals surface area contributed by atoms with Gasteiger partial charge < -0.3 is 10.6 Å². The van der Waals surface area contributed by atoms with Gasteiger partial charge in [0.05, 0.1) is 10.6 Å². The zero-order valence-corrected chi connectivity index (χ0v) is 10.3. The summed E-state index contributed by atoms with van der Waals surface area (Å²) >= 11 is 0. The van der Waals surface area contributed by atoms with Gasteiger partial charge in [-0.3, -0.25) is 4.79 Å². The van der Waals surface area contributed by atoms with E-state index in [1.165, 1.54) is 14.1 Å². The van der Waals surface area contributed by atoms with Crippen LogP contribution in [0, 0.1) is 5.82 Å². The number of sulfone groups is 1. The van der Waals surface area contributed by atoms with Crippen molar-refractivity contribution in [2.24, 2.45) is 0 Å². The van der Waals surface area contributed by atoms with Crippen molar-refractivity contribution in [3.63, 3.8) is 0 Å². The fourth-order valence-corrected chi connectivity index (χ4v) is 2.61. The van der Waals surface area contributed by atoms with Crippen molar-refractivity contribution in [2.75, 3.05) is 25.6 Å². The van der Waals surface area contributed by atoms with Crippen LogP contribution >= 0.6 is 0 Å². The Labute approximate surface area is 98.9 Å². The van der Waals surface area contributed by atoms with E-state index in [1.807, 2.05) is 0 Å². The predicted octanol–water partition coefficient (Wildman–Crippen LogP) is 0.270. The summed E-state index contributed by atoms with van der Waals surface area (Å²) < 4.78 is 36.6. The second kappa shape index (κ2) is 4.70. The van der Waals surface area contributed by atoms with Gasteiger partial charge in [0.1, 0.15) is 11.6 Å². The Hall–Kier alpha value is -1.63. The van der Waals surface area contributed by atoms with E-state index in [1.54, 1.807) is 0 Å². The lowest BCUT2D eigenvalue weighted by Crippen LogP contribution is -2.29. The SMILES string of the molecule is CN(C)C(=O)CS(=O)(=O)c1cc(F)ccc1N. The number of rotatable bonds is 3. The van der Waals surface area contributed by atoms with Crippen molar-refractivity contribution in [2.45, 2.75) is 4.90 Å². The van der Waals surface area contributed by atoms with Gasteiger partial charge in [0, 0.05) is 14.1 Å². The van der Waals surface area contributed by atoms with Gasteiger partial charge in [0.25, 0.3) is 0 Å². The molecule has 1 aromatic rings. The van der Waals surface area contributed by atoms with Crippen molar-refractivity contribution < 1.29 is 17.6 Å². The number of anilines is 1. The number of nitrogen functional groups attached to an aromatic ring is 1. The third kappa shape index (κ3) is 3.16. The monoisotopic (exact) mass is 260 g/mol. The molecule has 0 aromatic heterocycles. The van der Waals surface area contributed by atoms with Gasteiger partial charge in [-0.1, -0.05) is 0 Å². The molecule has 0 spiro atoms. The van der Waals surface area contributed by atoms with Crippen molar-refractivity contribution >= 4 is 21.4 Å². The first kappa shape index (κ1) is 13.4. The summed E-state index contributed by atoms with van der Waals surface area (Å²) in [4.78, 5) is 12.1. The number of nitrogens with zero attached hydrogens (tertiary/aromatic N) is 1. The van der Waals surface area contributed by atoms with E-state index >= 15 is 0 Å². The van der Waals surface area contributed by atoms with Gasteiger partial charge in [0.15, 0.2) is 9.84 Å². The number of nitrogens with two attached hydrogens (primary N) is 1. The molecule has 0 aliphatic rings. The van der Waals surface area contributed by atoms with Gasteiger partial charge in [-0.25, -0.2) is 12.8 Å². The average molecular weight is 260 g/mol. The third-order valence-electron chi connectivity index (χ3n) is 2.12. The number of amides is 1. The Morgan fingerprint density at radius 3 is 2.53 bits per heavy atom. The molecule has 0 aliphatic carbocycles. The van der Waals surface area contributed by atoms with Crippen LogP contribution in [-0.2, 0) is 14.6 Å². The van der Waals surface area contributed by atoms with E-state index < -0.39 is 27.3 Å². The Kier molecular flexibility index (Phi) is 3.72. The average Bonchev–Trinajstić information content (AvgIpc) is 2.20. The number of halogens is 1. The molecule has 1 aromatic carbocycles. The minimum Gasteiger partial charge on any atom is -0.398 e. The number of carbonyl (C=O) groups is 1. The minimum absolute atomic E-state index is 0.0713. The van der Waals surface area contributed by atoms with Crippen molar-refractivity contribution in [3.8, 4) is 0 Å². The molecule has 0 unspecified atom stereocenters. The van der Waals surface area contributed by atoms with Crippen molar-refractivity contribution in [1.29, 1.82) is 0 Å².